The highest BCUT2D eigenvalue weighted by Gasteiger charge is 2.09. The Morgan fingerprint density at radius 1 is 1.40 bits per heavy atom. The van der Waals surface area contributed by atoms with Crippen LogP contribution >= 0.6 is 0 Å². The Hall–Kier alpha value is -1.55. The molecule has 0 saturated carbocycles. The van der Waals surface area contributed by atoms with E-state index in [1.54, 1.807) is 13.2 Å². The summed E-state index contributed by atoms with van der Waals surface area (Å²) in [6.45, 7) is 0.391. The molecule has 1 aromatic rings. The van der Waals surface area contributed by atoms with Gasteiger partial charge in [-0.05, 0) is 18.2 Å². The average Bonchev–Trinajstić information content (AvgIpc) is 2.26. The van der Waals surface area contributed by atoms with Crippen LogP contribution in [0.1, 0.15) is 16.8 Å². The maximum absolute atomic E-state index is 11.6. The third-order valence-corrected chi connectivity index (χ3v) is 2.03. The summed E-state index contributed by atoms with van der Waals surface area (Å²) >= 11 is 0. The third-order valence-electron chi connectivity index (χ3n) is 2.03. The lowest BCUT2D eigenvalue weighted by molar-refractivity contribution is 0.0932. The summed E-state index contributed by atoms with van der Waals surface area (Å²) in [4.78, 5) is 11.6. The zero-order valence-electron chi connectivity index (χ0n) is 8.82. The summed E-state index contributed by atoms with van der Waals surface area (Å²) < 4.78 is 9.72. The van der Waals surface area contributed by atoms with Crippen LogP contribution in [0.4, 0.5) is 0 Å². The summed E-state index contributed by atoms with van der Waals surface area (Å²) in [7, 11) is 2.99. The van der Waals surface area contributed by atoms with Crippen LogP contribution < -0.4 is 4.74 Å². The smallest absolute Gasteiger partial charge is 0.165 e. The topological polar surface area (TPSA) is 55.8 Å². The van der Waals surface area contributed by atoms with Crippen molar-refractivity contribution in [2.75, 3.05) is 20.8 Å². The Morgan fingerprint density at radius 3 is 2.73 bits per heavy atom. The highest BCUT2D eigenvalue weighted by atomic mass is 16.5. The fourth-order valence-corrected chi connectivity index (χ4v) is 1.19. The molecule has 1 rings (SSSR count). The number of rotatable bonds is 5. The van der Waals surface area contributed by atoms with E-state index in [0.717, 1.165) is 0 Å². The van der Waals surface area contributed by atoms with E-state index in [9.17, 15) is 9.90 Å². The summed E-state index contributed by atoms with van der Waals surface area (Å²) in [6, 6.07) is 4.53. The van der Waals surface area contributed by atoms with E-state index in [1.165, 1.54) is 19.2 Å². The highest BCUT2D eigenvalue weighted by Crippen LogP contribution is 2.26. The van der Waals surface area contributed by atoms with Gasteiger partial charge in [0.15, 0.2) is 17.3 Å². The Morgan fingerprint density at radius 2 is 2.13 bits per heavy atom. The van der Waals surface area contributed by atoms with Crippen LogP contribution in [0.5, 0.6) is 11.5 Å². The first-order valence-electron chi connectivity index (χ1n) is 4.58. The second-order valence-corrected chi connectivity index (χ2v) is 3.05. The third kappa shape index (κ3) is 2.95. The number of ether oxygens (including phenoxy) is 2. The van der Waals surface area contributed by atoms with Crippen molar-refractivity contribution in [1.29, 1.82) is 0 Å². The standard InChI is InChI=1S/C11H14O4/c1-14-6-5-9(12)8-3-4-10(13)11(7-8)15-2/h3-4,7,13H,5-6H2,1-2H3. The molecule has 0 amide bonds. The molecule has 0 fully saturated rings. The molecule has 82 valence electrons. The van der Waals surface area contributed by atoms with Gasteiger partial charge in [0.25, 0.3) is 0 Å². The number of hydrogen-bond acceptors (Lipinski definition) is 4. The number of methoxy groups -OCH3 is 2. The first-order valence-corrected chi connectivity index (χ1v) is 4.58. The average molecular weight is 210 g/mol. The quantitative estimate of drug-likeness (QED) is 0.750. The van der Waals surface area contributed by atoms with Crippen LogP contribution in [0, 0.1) is 0 Å². The normalized spacial score (nSPS) is 10.0. The van der Waals surface area contributed by atoms with Gasteiger partial charge in [0.1, 0.15) is 0 Å². The van der Waals surface area contributed by atoms with Gasteiger partial charge in [-0.25, -0.2) is 0 Å². The van der Waals surface area contributed by atoms with Crippen molar-refractivity contribution in [3.8, 4) is 11.5 Å². The minimum Gasteiger partial charge on any atom is -0.504 e. The number of ketones is 1. The largest absolute Gasteiger partial charge is 0.504 e. The van der Waals surface area contributed by atoms with Gasteiger partial charge in [-0.15, -0.1) is 0 Å². The molecule has 1 aromatic carbocycles. The van der Waals surface area contributed by atoms with Crippen molar-refractivity contribution in [1.82, 2.24) is 0 Å². The van der Waals surface area contributed by atoms with Gasteiger partial charge < -0.3 is 14.6 Å². The summed E-state index contributed by atoms with van der Waals surface area (Å²) in [5.41, 5.74) is 0.515. The molecule has 0 heterocycles. The van der Waals surface area contributed by atoms with Crippen LogP contribution in [0.2, 0.25) is 0 Å². The second kappa shape index (κ2) is 5.36. The number of benzene rings is 1. The lowest BCUT2D eigenvalue weighted by atomic mass is 10.1. The van der Waals surface area contributed by atoms with Crippen molar-refractivity contribution in [2.24, 2.45) is 0 Å². The van der Waals surface area contributed by atoms with Gasteiger partial charge >= 0.3 is 0 Å². The minimum absolute atomic E-state index is 0.0285. The number of Topliss-reactive ketones (excluding diaryl/α,β-unsaturated/α-hetero) is 1. The molecule has 15 heavy (non-hydrogen) atoms. The molecule has 4 nitrogen and oxygen atoms in total. The van der Waals surface area contributed by atoms with Crippen LogP contribution in [-0.4, -0.2) is 31.7 Å². The van der Waals surface area contributed by atoms with Gasteiger partial charge in [-0.1, -0.05) is 0 Å². The molecule has 0 saturated heterocycles. The monoisotopic (exact) mass is 210 g/mol. The van der Waals surface area contributed by atoms with E-state index in [0.29, 0.717) is 24.3 Å². The zero-order chi connectivity index (χ0) is 11.3. The number of carbonyl (C=O) groups is 1. The number of carbonyl (C=O) groups excluding carboxylic acids is 1. The van der Waals surface area contributed by atoms with Crippen LogP contribution in [0.15, 0.2) is 18.2 Å². The zero-order valence-corrected chi connectivity index (χ0v) is 8.82. The Labute approximate surface area is 88.4 Å². The van der Waals surface area contributed by atoms with Gasteiger partial charge in [0.05, 0.1) is 13.7 Å². The maximum atomic E-state index is 11.6. The lowest BCUT2D eigenvalue weighted by Crippen LogP contribution is -2.03. The number of phenols is 1. The maximum Gasteiger partial charge on any atom is 0.165 e. The molecule has 0 bridgehead atoms. The Bertz CT molecular complexity index is 346. The fraction of sp³-hybridized carbons (Fsp3) is 0.364. The van der Waals surface area contributed by atoms with E-state index in [-0.39, 0.29) is 11.5 Å². The van der Waals surface area contributed by atoms with E-state index in [2.05, 4.69) is 0 Å². The molecule has 0 aromatic heterocycles. The first-order chi connectivity index (χ1) is 7.19. The fourth-order valence-electron chi connectivity index (χ4n) is 1.19. The molecular weight excluding hydrogens is 196 g/mol. The number of hydrogen-bond donors (Lipinski definition) is 1. The summed E-state index contributed by atoms with van der Waals surface area (Å²) in [5.74, 6) is 0.300. The minimum atomic E-state index is -0.0323. The first kappa shape index (κ1) is 11.5. The van der Waals surface area contributed by atoms with Gasteiger partial charge in [0, 0.05) is 19.1 Å². The van der Waals surface area contributed by atoms with Crippen molar-refractivity contribution < 1.29 is 19.4 Å². The highest BCUT2D eigenvalue weighted by molar-refractivity contribution is 5.96. The molecule has 0 aliphatic rings. The predicted octanol–water partition coefficient (Wildman–Crippen LogP) is 1.62. The van der Waals surface area contributed by atoms with E-state index in [1.807, 2.05) is 0 Å². The molecule has 0 radical (unpaired) electrons. The van der Waals surface area contributed by atoms with Crippen LogP contribution in [0.3, 0.4) is 0 Å². The number of aromatic hydroxyl groups is 1. The van der Waals surface area contributed by atoms with Gasteiger partial charge in [-0.3, -0.25) is 4.79 Å². The second-order valence-electron chi connectivity index (χ2n) is 3.05. The van der Waals surface area contributed by atoms with Crippen molar-refractivity contribution in [3.63, 3.8) is 0 Å². The number of phenolic OH excluding ortho intramolecular Hbond substituents is 1. The molecule has 0 aliphatic heterocycles. The summed E-state index contributed by atoms with van der Waals surface area (Å²) in [5, 5.41) is 9.33. The molecule has 0 unspecified atom stereocenters. The van der Waals surface area contributed by atoms with Gasteiger partial charge in [0.2, 0.25) is 0 Å². The van der Waals surface area contributed by atoms with Crippen molar-refractivity contribution in [3.05, 3.63) is 23.8 Å². The molecule has 0 aliphatic carbocycles. The van der Waals surface area contributed by atoms with Crippen LogP contribution in [0.25, 0.3) is 0 Å². The molecule has 0 atom stereocenters. The van der Waals surface area contributed by atoms with Crippen molar-refractivity contribution >= 4 is 5.78 Å². The Balaban J connectivity index is 2.81. The SMILES string of the molecule is COCCC(=O)c1ccc(O)c(OC)c1. The van der Waals surface area contributed by atoms with Gasteiger partial charge in [-0.2, -0.15) is 0 Å². The molecule has 0 spiro atoms. The Kier molecular flexibility index (Phi) is 4.12. The molecule has 4 heteroatoms. The van der Waals surface area contributed by atoms with E-state index < -0.39 is 0 Å². The predicted molar refractivity (Wildman–Crippen MR) is 55.5 cm³/mol. The van der Waals surface area contributed by atoms with Crippen molar-refractivity contribution in [2.45, 2.75) is 6.42 Å². The molecule has 1 N–H and O–H groups in total. The lowest BCUT2D eigenvalue weighted by Gasteiger charge is -2.05. The molecular formula is C11H14O4. The van der Waals surface area contributed by atoms with E-state index in [4.69, 9.17) is 9.47 Å². The summed E-state index contributed by atoms with van der Waals surface area (Å²) in [6.07, 6.45) is 0.324. The van der Waals surface area contributed by atoms with E-state index >= 15 is 0 Å². The van der Waals surface area contributed by atoms with Crippen LogP contribution in [-0.2, 0) is 4.74 Å².